The second-order valence-corrected chi connectivity index (χ2v) is 10.6. The maximum absolute atomic E-state index is 12.9. The molecule has 2 aliphatic rings. The van der Waals surface area contributed by atoms with Crippen LogP contribution in [0.25, 0.3) is 0 Å². The second kappa shape index (κ2) is 11.3. The van der Waals surface area contributed by atoms with E-state index in [9.17, 15) is 18.0 Å². The van der Waals surface area contributed by atoms with Crippen LogP contribution < -0.4 is 5.32 Å². The molecule has 31 heavy (non-hydrogen) atoms. The summed E-state index contributed by atoms with van der Waals surface area (Å²) < 4.78 is 32.4. The van der Waals surface area contributed by atoms with Gasteiger partial charge in [-0.3, -0.25) is 4.79 Å². The first kappa shape index (κ1) is 24.0. The standard InChI is InChI=1S/C22H31ClN2O5S/c23-19-12-11-17(15-20(19)31(28,29)25-13-7-4-8-14-25)22(27)30-16-21(26)24-18-9-5-2-1-3-6-10-18/h11-12,15,18H,1-10,13-14,16H2,(H,24,26). The van der Waals surface area contributed by atoms with Crippen molar-refractivity contribution in [3.05, 3.63) is 28.8 Å². The van der Waals surface area contributed by atoms with E-state index in [1.807, 2.05) is 0 Å². The van der Waals surface area contributed by atoms with Gasteiger partial charge in [-0.25, -0.2) is 13.2 Å². The van der Waals surface area contributed by atoms with Crippen LogP contribution in [0.1, 0.15) is 74.6 Å². The summed E-state index contributed by atoms with van der Waals surface area (Å²) in [6.07, 6.45) is 10.3. The first-order valence-corrected chi connectivity index (χ1v) is 13.0. The molecule has 172 valence electrons. The van der Waals surface area contributed by atoms with Crippen LogP contribution in [0.15, 0.2) is 23.1 Å². The molecule has 0 radical (unpaired) electrons. The Kier molecular flexibility index (Phi) is 8.75. The molecule has 1 saturated heterocycles. The number of carbonyl (C=O) groups is 2. The Bertz CT molecular complexity index is 876. The van der Waals surface area contributed by atoms with Crippen molar-refractivity contribution in [1.82, 2.24) is 9.62 Å². The van der Waals surface area contributed by atoms with Crippen molar-refractivity contribution in [2.45, 2.75) is 75.1 Å². The summed E-state index contributed by atoms with van der Waals surface area (Å²) in [5.41, 5.74) is 0.0544. The van der Waals surface area contributed by atoms with E-state index < -0.39 is 22.6 Å². The van der Waals surface area contributed by atoms with Crippen LogP contribution in [0.5, 0.6) is 0 Å². The van der Waals surface area contributed by atoms with Gasteiger partial charge in [-0.15, -0.1) is 0 Å². The van der Waals surface area contributed by atoms with Gasteiger partial charge in [0.2, 0.25) is 10.0 Å². The number of rotatable bonds is 6. The van der Waals surface area contributed by atoms with Crippen LogP contribution in [-0.2, 0) is 19.6 Å². The van der Waals surface area contributed by atoms with Crippen molar-refractivity contribution in [2.24, 2.45) is 0 Å². The predicted molar refractivity (Wildman–Crippen MR) is 119 cm³/mol. The fourth-order valence-corrected chi connectivity index (χ4v) is 6.17. The van der Waals surface area contributed by atoms with Gasteiger partial charge >= 0.3 is 5.97 Å². The molecule has 1 aromatic carbocycles. The average molecular weight is 471 g/mol. The molecule has 1 amide bonds. The van der Waals surface area contributed by atoms with Crippen molar-refractivity contribution in [2.75, 3.05) is 19.7 Å². The lowest BCUT2D eigenvalue weighted by Crippen LogP contribution is -2.38. The summed E-state index contributed by atoms with van der Waals surface area (Å²) in [6.45, 7) is 0.482. The van der Waals surface area contributed by atoms with E-state index in [0.717, 1.165) is 44.9 Å². The van der Waals surface area contributed by atoms with Crippen molar-refractivity contribution in [1.29, 1.82) is 0 Å². The number of amides is 1. The highest BCUT2D eigenvalue weighted by molar-refractivity contribution is 7.89. The molecule has 0 bridgehead atoms. The smallest absolute Gasteiger partial charge is 0.338 e. The molecule has 1 N–H and O–H groups in total. The van der Waals surface area contributed by atoms with Gasteiger partial charge in [0.15, 0.2) is 6.61 Å². The number of nitrogens with zero attached hydrogens (tertiary/aromatic N) is 1. The van der Waals surface area contributed by atoms with Gasteiger partial charge in [-0.1, -0.05) is 50.1 Å². The normalized spacial score (nSPS) is 19.3. The Morgan fingerprint density at radius 1 is 1.00 bits per heavy atom. The Hall–Kier alpha value is -1.64. The van der Waals surface area contributed by atoms with Crippen molar-refractivity contribution in [3.8, 4) is 0 Å². The summed E-state index contributed by atoms with van der Waals surface area (Å²) in [5.74, 6) is -1.09. The molecule has 3 rings (SSSR count). The van der Waals surface area contributed by atoms with E-state index in [2.05, 4.69) is 5.32 Å². The van der Waals surface area contributed by atoms with Crippen LogP contribution in [0.3, 0.4) is 0 Å². The van der Waals surface area contributed by atoms with Crippen LogP contribution >= 0.6 is 11.6 Å². The van der Waals surface area contributed by atoms with Gasteiger partial charge < -0.3 is 10.1 Å². The van der Waals surface area contributed by atoms with Gasteiger partial charge in [-0.2, -0.15) is 4.31 Å². The third-order valence-electron chi connectivity index (χ3n) is 5.90. The van der Waals surface area contributed by atoms with Gasteiger partial charge in [0.25, 0.3) is 5.91 Å². The second-order valence-electron chi connectivity index (χ2n) is 8.30. The molecular formula is C22H31ClN2O5S. The fraction of sp³-hybridized carbons (Fsp3) is 0.636. The number of carbonyl (C=O) groups excluding carboxylic acids is 2. The number of halogens is 1. The van der Waals surface area contributed by atoms with E-state index in [4.69, 9.17) is 16.3 Å². The number of hydrogen-bond donors (Lipinski definition) is 1. The SMILES string of the molecule is O=C(COC(=O)c1ccc(Cl)c(S(=O)(=O)N2CCCCC2)c1)NC1CCCCCCC1. The van der Waals surface area contributed by atoms with Gasteiger partial charge in [0.1, 0.15) is 4.90 Å². The van der Waals surface area contributed by atoms with Crippen LogP contribution in [-0.4, -0.2) is 50.3 Å². The van der Waals surface area contributed by atoms with Crippen molar-refractivity contribution in [3.63, 3.8) is 0 Å². The fourth-order valence-electron chi connectivity index (χ4n) is 4.16. The molecule has 0 unspecified atom stereocenters. The zero-order chi connectivity index (χ0) is 22.3. The number of sulfonamides is 1. The van der Waals surface area contributed by atoms with Crippen LogP contribution in [0.4, 0.5) is 0 Å². The number of hydrogen-bond acceptors (Lipinski definition) is 5. The van der Waals surface area contributed by atoms with Crippen molar-refractivity contribution >= 4 is 33.5 Å². The summed E-state index contributed by atoms with van der Waals surface area (Å²) in [4.78, 5) is 24.6. The lowest BCUT2D eigenvalue weighted by atomic mass is 9.97. The molecule has 0 atom stereocenters. The lowest BCUT2D eigenvalue weighted by Gasteiger charge is -2.26. The first-order chi connectivity index (χ1) is 14.9. The number of esters is 1. The predicted octanol–water partition coefficient (Wildman–Crippen LogP) is 3.90. The summed E-state index contributed by atoms with van der Waals surface area (Å²) >= 11 is 6.14. The molecule has 0 spiro atoms. The third kappa shape index (κ3) is 6.67. The molecule has 2 fully saturated rings. The number of benzene rings is 1. The van der Waals surface area contributed by atoms with E-state index in [0.29, 0.717) is 13.1 Å². The Morgan fingerprint density at radius 3 is 2.29 bits per heavy atom. The molecule has 1 heterocycles. The molecule has 0 aromatic heterocycles. The van der Waals surface area contributed by atoms with Crippen LogP contribution in [0, 0.1) is 0 Å². The highest BCUT2D eigenvalue weighted by atomic mass is 35.5. The van der Waals surface area contributed by atoms with Gasteiger partial charge in [0, 0.05) is 19.1 Å². The molecular weight excluding hydrogens is 440 g/mol. The Morgan fingerprint density at radius 2 is 1.61 bits per heavy atom. The molecule has 1 aliphatic heterocycles. The Labute approximate surface area is 189 Å². The van der Waals surface area contributed by atoms with Crippen molar-refractivity contribution < 1.29 is 22.7 Å². The number of nitrogens with one attached hydrogen (secondary N) is 1. The van der Waals surface area contributed by atoms with E-state index in [-0.39, 0.29) is 27.4 Å². The highest BCUT2D eigenvalue weighted by Gasteiger charge is 2.29. The van der Waals surface area contributed by atoms with Gasteiger partial charge in [0.05, 0.1) is 10.6 Å². The molecule has 1 saturated carbocycles. The Balaban J connectivity index is 1.60. The average Bonchev–Trinajstić information content (AvgIpc) is 2.74. The minimum Gasteiger partial charge on any atom is -0.452 e. The first-order valence-electron chi connectivity index (χ1n) is 11.1. The monoisotopic (exact) mass is 470 g/mol. The van der Waals surface area contributed by atoms with E-state index in [1.54, 1.807) is 0 Å². The number of ether oxygens (including phenoxy) is 1. The number of piperidine rings is 1. The highest BCUT2D eigenvalue weighted by Crippen LogP contribution is 2.28. The maximum atomic E-state index is 12.9. The summed E-state index contributed by atoms with van der Waals surface area (Å²) in [5, 5.41) is 3.00. The zero-order valence-electron chi connectivity index (χ0n) is 17.8. The summed E-state index contributed by atoms with van der Waals surface area (Å²) in [7, 11) is -3.79. The van der Waals surface area contributed by atoms with E-state index >= 15 is 0 Å². The van der Waals surface area contributed by atoms with E-state index in [1.165, 1.54) is 41.8 Å². The van der Waals surface area contributed by atoms with Gasteiger partial charge in [-0.05, 0) is 43.9 Å². The maximum Gasteiger partial charge on any atom is 0.338 e. The topological polar surface area (TPSA) is 92.8 Å². The summed E-state index contributed by atoms with van der Waals surface area (Å²) in [6, 6.07) is 4.14. The molecule has 7 nitrogen and oxygen atoms in total. The zero-order valence-corrected chi connectivity index (χ0v) is 19.3. The lowest BCUT2D eigenvalue weighted by molar-refractivity contribution is -0.125. The van der Waals surface area contributed by atoms with Crippen LogP contribution in [0.2, 0.25) is 5.02 Å². The molecule has 1 aliphatic carbocycles. The molecule has 9 heteroatoms. The third-order valence-corrected chi connectivity index (χ3v) is 8.28. The largest absolute Gasteiger partial charge is 0.452 e. The molecule has 1 aromatic rings. The minimum atomic E-state index is -3.79. The quantitative estimate of drug-likeness (QED) is 0.636. The minimum absolute atomic E-state index is 0.0544.